The number of rotatable bonds is 9. The van der Waals surface area contributed by atoms with Crippen molar-refractivity contribution >= 4 is 45.3 Å². The minimum atomic E-state index is -4.05. The van der Waals surface area contributed by atoms with Gasteiger partial charge in [-0.15, -0.1) is 0 Å². The van der Waals surface area contributed by atoms with E-state index in [-0.39, 0.29) is 35.8 Å². The zero-order chi connectivity index (χ0) is 27.7. The summed E-state index contributed by atoms with van der Waals surface area (Å²) >= 11 is 5.82. The van der Waals surface area contributed by atoms with Crippen LogP contribution in [0.5, 0.6) is 0 Å². The number of anilines is 1. The Labute approximate surface area is 224 Å². The van der Waals surface area contributed by atoms with Crippen LogP contribution >= 0.6 is 11.6 Å². The molecule has 0 bridgehead atoms. The standard InChI is InChI=1S/C25H25ClFN5O5S/c1-16-3-2-4-20(13-16)38(36,37)32-25(35)29-12-11-28-23(33)18-7-10-22(21(27)14-18)31-24(34)30-15-17-5-8-19(26)9-6-17/h2-10,13-14H,11-12,15H2,1H3,(H,28,33)(H2,29,32,35)(H2,30,31,34). The van der Waals surface area contributed by atoms with Gasteiger partial charge < -0.3 is 21.3 Å². The molecule has 0 aliphatic rings. The van der Waals surface area contributed by atoms with E-state index in [1.165, 1.54) is 24.3 Å². The monoisotopic (exact) mass is 561 g/mol. The molecule has 10 nitrogen and oxygen atoms in total. The first-order chi connectivity index (χ1) is 18.0. The number of sulfonamides is 1. The SMILES string of the molecule is Cc1cccc(S(=O)(=O)NC(=O)NCCNC(=O)c2ccc(NC(=O)NCc3ccc(Cl)cc3)c(F)c2)c1. The highest BCUT2D eigenvalue weighted by atomic mass is 35.5. The Kier molecular flexibility index (Phi) is 9.63. The summed E-state index contributed by atoms with van der Waals surface area (Å²) in [6.07, 6.45) is 0. The Hall–Kier alpha value is -4.16. The van der Waals surface area contributed by atoms with Gasteiger partial charge in [0.15, 0.2) is 0 Å². The molecule has 0 unspecified atom stereocenters. The van der Waals surface area contributed by atoms with E-state index >= 15 is 0 Å². The summed E-state index contributed by atoms with van der Waals surface area (Å²) < 4.78 is 40.8. The quantitative estimate of drug-likeness (QED) is 0.254. The molecule has 5 N–H and O–H groups in total. The van der Waals surface area contributed by atoms with Crippen LogP contribution < -0.4 is 26.0 Å². The largest absolute Gasteiger partial charge is 0.350 e. The van der Waals surface area contributed by atoms with E-state index in [0.717, 1.165) is 11.6 Å². The lowest BCUT2D eigenvalue weighted by atomic mass is 10.2. The van der Waals surface area contributed by atoms with Crippen molar-refractivity contribution in [1.29, 1.82) is 0 Å². The molecule has 0 aromatic heterocycles. The molecular weight excluding hydrogens is 537 g/mol. The van der Waals surface area contributed by atoms with E-state index in [9.17, 15) is 27.2 Å². The van der Waals surface area contributed by atoms with Crippen molar-refractivity contribution in [2.24, 2.45) is 0 Å². The molecule has 0 saturated heterocycles. The summed E-state index contributed by atoms with van der Waals surface area (Å²) in [6, 6.07) is 14.8. The molecule has 0 aliphatic heterocycles. The molecule has 0 fully saturated rings. The third-order valence-electron chi connectivity index (χ3n) is 5.07. The van der Waals surface area contributed by atoms with Crippen molar-refractivity contribution in [3.05, 3.63) is 94.3 Å². The average molecular weight is 562 g/mol. The second-order valence-electron chi connectivity index (χ2n) is 8.06. The van der Waals surface area contributed by atoms with Crippen LogP contribution in [0.15, 0.2) is 71.6 Å². The fraction of sp³-hybridized carbons (Fsp3) is 0.160. The van der Waals surface area contributed by atoms with Gasteiger partial charge in [0.1, 0.15) is 5.82 Å². The van der Waals surface area contributed by atoms with Gasteiger partial charge in [0.2, 0.25) is 0 Å². The molecule has 200 valence electrons. The van der Waals surface area contributed by atoms with Crippen molar-refractivity contribution < 1.29 is 27.2 Å². The number of hydrogen-bond acceptors (Lipinski definition) is 5. The third-order valence-corrected chi connectivity index (χ3v) is 6.65. The number of benzene rings is 3. The molecular formula is C25H25ClFN5O5S. The summed E-state index contributed by atoms with van der Waals surface area (Å²) in [4.78, 5) is 36.2. The van der Waals surface area contributed by atoms with Crippen LogP contribution in [0, 0.1) is 12.7 Å². The normalized spacial score (nSPS) is 10.8. The minimum absolute atomic E-state index is 0.0129. The van der Waals surface area contributed by atoms with E-state index < -0.39 is 33.8 Å². The number of halogens is 2. The van der Waals surface area contributed by atoms with E-state index in [1.54, 1.807) is 43.3 Å². The number of nitrogens with one attached hydrogen (secondary N) is 5. The first-order valence-electron chi connectivity index (χ1n) is 11.3. The molecule has 13 heteroatoms. The molecule has 3 aromatic carbocycles. The topological polar surface area (TPSA) is 146 Å². The van der Waals surface area contributed by atoms with Gasteiger partial charge in [-0.3, -0.25) is 4.79 Å². The second kappa shape index (κ2) is 12.9. The molecule has 0 heterocycles. The predicted molar refractivity (Wildman–Crippen MR) is 141 cm³/mol. The number of carbonyl (C=O) groups is 3. The van der Waals surface area contributed by atoms with Gasteiger partial charge in [-0.1, -0.05) is 35.9 Å². The van der Waals surface area contributed by atoms with Crippen LogP contribution in [-0.2, 0) is 16.6 Å². The molecule has 0 spiro atoms. The third kappa shape index (κ3) is 8.46. The van der Waals surface area contributed by atoms with Crippen LogP contribution in [0.1, 0.15) is 21.5 Å². The smallest absolute Gasteiger partial charge is 0.328 e. The fourth-order valence-corrected chi connectivity index (χ4v) is 4.32. The highest BCUT2D eigenvalue weighted by Gasteiger charge is 2.17. The number of urea groups is 2. The number of aryl methyl sites for hydroxylation is 1. The summed E-state index contributed by atoms with van der Waals surface area (Å²) in [5, 5.41) is 10.3. The predicted octanol–water partition coefficient (Wildman–Crippen LogP) is 3.53. The van der Waals surface area contributed by atoms with Gasteiger partial charge in [-0.25, -0.2) is 27.1 Å². The van der Waals surface area contributed by atoms with Crippen LogP contribution in [0.3, 0.4) is 0 Å². The number of hydrogen-bond donors (Lipinski definition) is 5. The lowest BCUT2D eigenvalue weighted by molar-refractivity contribution is 0.0953. The molecule has 0 atom stereocenters. The molecule has 0 aliphatic carbocycles. The van der Waals surface area contributed by atoms with Crippen molar-refractivity contribution in [2.45, 2.75) is 18.4 Å². The molecule has 0 radical (unpaired) electrons. The Morgan fingerprint density at radius 2 is 1.58 bits per heavy atom. The zero-order valence-electron chi connectivity index (χ0n) is 20.2. The van der Waals surface area contributed by atoms with Gasteiger partial charge in [-0.05, 0) is 60.5 Å². The Bertz CT molecular complexity index is 1430. The van der Waals surface area contributed by atoms with Crippen LogP contribution in [0.4, 0.5) is 19.7 Å². The van der Waals surface area contributed by atoms with Gasteiger partial charge >= 0.3 is 12.1 Å². The Morgan fingerprint density at radius 1 is 0.868 bits per heavy atom. The van der Waals surface area contributed by atoms with E-state index in [4.69, 9.17) is 11.6 Å². The maximum absolute atomic E-state index is 14.4. The molecule has 5 amide bonds. The average Bonchev–Trinajstić information content (AvgIpc) is 2.87. The number of carbonyl (C=O) groups excluding carboxylic acids is 3. The summed E-state index contributed by atoms with van der Waals surface area (Å²) in [5.41, 5.74) is 1.38. The van der Waals surface area contributed by atoms with Gasteiger partial charge in [0.25, 0.3) is 15.9 Å². The highest BCUT2D eigenvalue weighted by Crippen LogP contribution is 2.16. The van der Waals surface area contributed by atoms with Crippen LogP contribution in [-0.4, -0.2) is 39.5 Å². The van der Waals surface area contributed by atoms with E-state index in [0.29, 0.717) is 10.6 Å². The van der Waals surface area contributed by atoms with E-state index in [2.05, 4.69) is 21.3 Å². The summed E-state index contributed by atoms with van der Waals surface area (Å²) in [7, 11) is -4.05. The van der Waals surface area contributed by atoms with Crippen LogP contribution in [0.25, 0.3) is 0 Å². The Balaban J connectivity index is 1.42. The summed E-state index contributed by atoms with van der Waals surface area (Å²) in [6.45, 7) is 1.79. The maximum atomic E-state index is 14.4. The van der Waals surface area contributed by atoms with Crippen molar-refractivity contribution in [3.8, 4) is 0 Å². The lowest BCUT2D eigenvalue weighted by Gasteiger charge is -2.11. The summed E-state index contributed by atoms with van der Waals surface area (Å²) in [5.74, 6) is -1.45. The lowest BCUT2D eigenvalue weighted by Crippen LogP contribution is -2.42. The van der Waals surface area contributed by atoms with Gasteiger partial charge in [-0.2, -0.15) is 0 Å². The minimum Gasteiger partial charge on any atom is -0.350 e. The second-order valence-corrected chi connectivity index (χ2v) is 10.2. The molecule has 38 heavy (non-hydrogen) atoms. The molecule has 3 aromatic rings. The first kappa shape index (κ1) is 28.4. The van der Waals surface area contributed by atoms with Gasteiger partial charge in [0.05, 0.1) is 10.6 Å². The first-order valence-corrected chi connectivity index (χ1v) is 13.1. The fourth-order valence-electron chi connectivity index (χ4n) is 3.16. The highest BCUT2D eigenvalue weighted by molar-refractivity contribution is 7.90. The Morgan fingerprint density at radius 3 is 2.26 bits per heavy atom. The zero-order valence-corrected chi connectivity index (χ0v) is 21.8. The van der Waals surface area contributed by atoms with Crippen molar-refractivity contribution in [3.63, 3.8) is 0 Å². The van der Waals surface area contributed by atoms with Crippen molar-refractivity contribution in [2.75, 3.05) is 18.4 Å². The molecule has 3 rings (SSSR count). The molecule has 0 saturated carbocycles. The van der Waals surface area contributed by atoms with Crippen LogP contribution in [0.2, 0.25) is 5.02 Å². The number of amides is 5. The van der Waals surface area contributed by atoms with Gasteiger partial charge in [0, 0.05) is 30.2 Å². The van der Waals surface area contributed by atoms with Crippen molar-refractivity contribution in [1.82, 2.24) is 20.7 Å². The van der Waals surface area contributed by atoms with E-state index in [1.807, 2.05) is 4.72 Å². The maximum Gasteiger partial charge on any atom is 0.328 e.